The van der Waals surface area contributed by atoms with Crippen LogP contribution in [0, 0.1) is 5.92 Å². The predicted octanol–water partition coefficient (Wildman–Crippen LogP) is 3.90. The molecule has 0 spiro atoms. The highest BCUT2D eigenvalue weighted by Crippen LogP contribution is 2.31. The SMILES string of the molecule is CC[C@@H](C)[C@H]1CCCCN1c1ccc(C(F)(F)F)nn1. The normalized spacial score (nSPS) is 21.9. The van der Waals surface area contributed by atoms with E-state index in [1.165, 1.54) is 12.5 Å². The Bertz CT molecular complexity index is 430. The van der Waals surface area contributed by atoms with Gasteiger partial charge in [0.25, 0.3) is 0 Å². The molecular weight excluding hydrogens is 267 g/mol. The van der Waals surface area contributed by atoms with Crippen molar-refractivity contribution in [3.8, 4) is 0 Å². The van der Waals surface area contributed by atoms with Gasteiger partial charge in [0.1, 0.15) is 0 Å². The lowest BCUT2D eigenvalue weighted by Crippen LogP contribution is -2.44. The first-order valence-corrected chi connectivity index (χ1v) is 7.11. The molecule has 20 heavy (non-hydrogen) atoms. The molecule has 0 bridgehead atoms. The second kappa shape index (κ2) is 5.97. The molecule has 0 aliphatic carbocycles. The highest BCUT2D eigenvalue weighted by atomic mass is 19.4. The van der Waals surface area contributed by atoms with Gasteiger partial charge < -0.3 is 4.90 Å². The molecule has 2 rings (SSSR count). The maximum Gasteiger partial charge on any atom is 0.435 e. The van der Waals surface area contributed by atoms with Gasteiger partial charge in [-0.1, -0.05) is 20.3 Å². The Morgan fingerprint density at radius 3 is 2.60 bits per heavy atom. The zero-order chi connectivity index (χ0) is 14.8. The van der Waals surface area contributed by atoms with Crippen LogP contribution in [-0.2, 0) is 6.18 Å². The number of halogens is 3. The summed E-state index contributed by atoms with van der Waals surface area (Å²) in [6.07, 6.45) is -0.0916. The van der Waals surface area contributed by atoms with E-state index in [4.69, 9.17) is 0 Å². The van der Waals surface area contributed by atoms with Crippen molar-refractivity contribution in [3.05, 3.63) is 17.8 Å². The monoisotopic (exact) mass is 287 g/mol. The van der Waals surface area contributed by atoms with Crippen LogP contribution in [0.1, 0.15) is 45.2 Å². The third-order valence-corrected chi connectivity index (χ3v) is 4.09. The molecule has 0 amide bonds. The fraction of sp³-hybridized carbons (Fsp3) is 0.714. The summed E-state index contributed by atoms with van der Waals surface area (Å²) >= 11 is 0. The molecule has 0 radical (unpaired) electrons. The molecule has 1 aromatic rings. The maximum absolute atomic E-state index is 12.5. The average molecular weight is 287 g/mol. The minimum atomic E-state index is -4.43. The molecule has 0 N–H and O–H groups in total. The highest BCUT2D eigenvalue weighted by Gasteiger charge is 2.34. The first kappa shape index (κ1) is 15.1. The number of nitrogens with zero attached hydrogens (tertiary/aromatic N) is 3. The summed E-state index contributed by atoms with van der Waals surface area (Å²) in [7, 11) is 0. The van der Waals surface area contributed by atoms with E-state index in [0.717, 1.165) is 31.9 Å². The summed E-state index contributed by atoms with van der Waals surface area (Å²) in [6.45, 7) is 5.16. The average Bonchev–Trinajstić information content (AvgIpc) is 2.45. The van der Waals surface area contributed by atoms with Crippen molar-refractivity contribution >= 4 is 5.82 Å². The summed E-state index contributed by atoms with van der Waals surface area (Å²) in [6, 6.07) is 2.81. The van der Waals surface area contributed by atoms with Gasteiger partial charge in [-0.3, -0.25) is 0 Å². The Balaban J connectivity index is 2.20. The zero-order valence-corrected chi connectivity index (χ0v) is 11.8. The van der Waals surface area contributed by atoms with E-state index in [2.05, 4.69) is 28.9 Å². The third-order valence-electron chi connectivity index (χ3n) is 4.09. The van der Waals surface area contributed by atoms with Crippen LogP contribution in [-0.4, -0.2) is 22.8 Å². The van der Waals surface area contributed by atoms with Crippen molar-refractivity contribution < 1.29 is 13.2 Å². The van der Waals surface area contributed by atoms with Crippen molar-refractivity contribution in [2.75, 3.05) is 11.4 Å². The Labute approximate surface area is 117 Å². The Hall–Kier alpha value is -1.33. The fourth-order valence-electron chi connectivity index (χ4n) is 2.74. The molecule has 112 valence electrons. The number of hydrogen-bond acceptors (Lipinski definition) is 3. The molecule has 6 heteroatoms. The van der Waals surface area contributed by atoms with E-state index in [-0.39, 0.29) is 0 Å². The van der Waals surface area contributed by atoms with Gasteiger partial charge >= 0.3 is 6.18 Å². The molecule has 0 saturated carbocycles. The summed E-state index contributed by atoms with van der Waals surface area (Å²) in [5.41, 5.74) is -0.932. The smallest absolute Gasteiger partial charge is 0.352 e. The number of alkyl halides is 3. The highest BCUT2D eigenvalue weighted by molar-refractivity contribution is 5.39. The van der Waals surface area contributed by atoms with Crippen molar-refractivity contribution in [1.29, 1.82) is 0 Å². The van der Waals surface area contributed by atoms with Crippen LogP contribution >= 0.6 is 0 Å². The molecule has 1 saturated heterocycles. The van der Waals surface area contributed by atoms with Gasteiger partial charge in [-0.15, -0.1) is 10.2 Å². The van der Waals surface area contributed by atoms with Crippen LogP contribution in [0.15, 0.2) is 12.1 Å². The Morgan fingerprint density at radius 2 is 2.05 bits per heavy atom. The molecule has 1 aliphatic heterocycles. The number of piperidine rings is 1. The number of aromatic nitrogens is 2. The standard InChI is InChI=1S/C14H20F3N3/c1-3-10(2)11-6-4-5-9-20(11)13-8-7-12(18-19-13)14(15,16)17/h7-8,10-11H,3-6,9H2,1-2H3/t10-,11-/m1/s1. The number of rotatable bonds is 3. The van der Waals surface area contributed by atoms with E-state index in [0.29, 0.717) is 17.8 Å². The van der Waals surface area contributed by atoms with Crippen LogP contribution in [0.25, 0.3) is 0 Å². The van der Waals surface area contributed by atoms with E-state index in [9.17, 15) is 13.2 Å². The van der Waals surface area contributed by atoms with E-state index in [1.54, 1.807) is 0 Å². The summed E-state index contributed by atoms with van der Waals surface area (Å²) in [5, 5.41) is 7.12. The topological polar surface area (TPSA) is 29.0 Å². The minimum absolute atomic E-state index is 0.347. The van der Waals surface area contributed by atoms with Crippen molar-refractivity contribution in [2.24, 2.45) is 5.92 Å². The van der Waals surface area contributed by atoms with Crippen molar-refractivity contribution in [2.45, 2.75) is 51.7 Å². The molecule has 1 aliphatic rings. The fourth-order valence-corrected chi connectivity index (χ4v) is 2.74. The predicted molar refractivity (Wildman–Crippen MR) is 71.5 cm³/mol. The number of hydrogen-bond donors (Lipinski definition) is 0. The lowest BCUT2D eigenvalue weighted by molar-refractivity contribution is -0.141. The first-order valence-electron chi connectivity index (χ1n) is 7.11. The Kier molecular flexibility index (Phi) is 4.50. The molecule has 1 aromatic heterocycles. The third kappa shape index (κ3) is 3.22. The van der Waals surface area contributed by atoms with Crippen LogP contribution < -0.4 is 4.90 Å². The molecule has 2 atom stereocenters. The van der Waals surface area contributed by atoms with Crippen LogP contribution in [0.4, 0.5) is 19.0 Å². The lowest BCUT2D eigenvalue weighted by Gasteiger charge is -2.39. The lowest BCUT2D eigenvalue weighted by atomic mass is 9.90. The molecular formula is C14H20F3N3. The van der Waals surface area contributed by atoms with E-state index < -0.39 is 11.9 Å². The van der Waals surface area contributed by atoms with Gasteiger partial charge in [0.2, 0.25) is 0 Å². The van der Waals surface area contributed by atoms with Gasteiger partial charge in [-0.2, -0.15) is 13.2 Å². The van der Waals surface area contributed by atoms with Crippen LogP contribution in [0.3, 0.4) is 0 Å². The van der Waals surface area contributed by atoms with Crippen LogP contribution in [0.5, 0.6) is 0 Å². The van der Waals surface area contributed by atoms with Gasteiger partial charge in [0.15, 0.2) is 11.5 Å². The molecule has 2 heterocycles. The second-order valence-electron chi connectivity index (χ2n) is 5.42. The molecule has 3 nitrogen and oxygen atoms in total. The quantitative estimate of drug-likeness (QED) is 0.844. The van der Waals surface area contributed by atoms with Crippen molar-refractivity contribution in [1.82, 2.24) is 10.2 Å². The molecule has 1 fully saturated rings. The van der Waals surface area contributed by atoms with Crippen LogP contribution in [0.2, 0.25) is 0 Å². The molecule has 0 unspecified atom stereocenters. The van der Waals surface area contributed by atoms with Gasteiger partial charge in [-0.05, 0) is 37.3 Å². The van der Waals surface area contributed by atoms with E-state index in [1.807, 2.05) is 0 Å². The number of anilines is 1. The maximum atomic E-state index is 12.5. The minimum Gasteiger partial charge on any atom is -0.352 e. The summed E-state index contributed by atoms with van der Waals surface area (Å²) in [5.74, 6) is 1.06. The second-order valence-corrected chi connectivity index (χ2v) is 5.42. The first-order chi connectivity index (χ1) is 9.43. The zero-order valence-electron chi connectivity index (χ0n) is 11.8. The largest absolute Gasteiger partial charge is 0.435 e. The van der Waals surface area contributed by atoms with Crippen molar-refractivity contribution in [3.63, 3.8) is 0 Å². The Morgan fingerprint density at radius 1 is 1.30 bits per heavy atom. The molecule has 0 aromatic carbocycles. The summed E-state index contributed by atoms with van der Waals surface area (Å²) in [4.78, 5) is 2.12. The van der Waals surface area contributed by atoms with Gasteiger partial charge in [0, 0.05) is 12.6 Å². The summed E-state index contributed by atoms with van der Waals surface area (Å²) < 4.78 is 37.5. The van der Waals surface area contributed by atoms with E-state index >= 15 is 0 Å². The van der Waals surface area contributed by atoms with Gasteiger partial charge in [0.05, 0.1) is 0 Å². The van der Waals surface area contributed by atoms with Gasteiger partial charge in [-0.25, -0.2) is 0 Å².